The van der Waals surface area contributed by atoms with E-state index in [1.165, 1.54) is 0 Å². The van der Waals surface area contributed by atoms with Crippen LogP contribution in [0.2, 0.25) is 0 Å². The van der Waals surface area contributed by atoms with Crippen molar-refractivity contribution in [3.8, 4) is 0 Å². The molecule has 2 aromatic rings. The highest BCUT2D eigenvalue weighted by molar-refractivity contribution is 9.10. The van der Waals surface area contributed by atoms with E-state index in [4.69, 9.17) is 0 Å². The lowest BCUT2D eigenvalue weighted by Crippen LogP contribution is -2.27. The number of nitrogens with one attached hydrogen (secondary N) is 2. The molecule has 0 aliphatic rings. The molecule has 1 aromatic heterocycles. The second kappa shape index (κ2) is 6.87. The minimum Gasteiger partial charge on any atom is -0.364 e. The third-order valence-corrected chi connectivity index (χ3v) is 3.24. The first-order valence-electron chi connectivity index (χ1n) is 6.98. The van der Waals surface area contributed by atoms with Crippen molar-refractivity contribution in [3.05, 3.63) is 46.4 Å². The number of hydrogen-bond acceptors (Lipinski definition) is 4. The summed E-state index contributed by atoms with van der Waals surface area (Å²) < 4.78 is 0.990. The largest absolute Gasteiger partial charge is 0.364 e. The van der Waals surface area contributed by atoms with Crippen LogP contribution >= 0.6 is 15.9 Å². The zero-order valence-electron chi connectivity index (χ0n) is 12.9. The van der Waals surface area contributed by atoms with Crippen molar-refractivity contribution < 1.29 is 4.79 Å². The fraction of sp³-hybridized carbons (Fsp3) is 0.312. The van der Waals surface area contributed by atoms with Crippen molar-refractivity contribution in [1.82, 2.24) is 10.2 Å². The Kier molecular flexibility index (Phi) is 5.13. The lowest BCUT2D eigenvalue weighted by Gasteiger charge is -2.20. The normalized spacial score (nSPS) is 11.1. The minimum absolute atomic E-state index is 0.0823. The van der Waals surface area contributed by atoms with E-state index in [0.29, 0.717) is 18.1 Å². The predicted molar refractivity (Wildman–Crippen MR) is 91.9 cm³/mol. The maximum absolute atomic E-state index is 12.0. The van der Waals surface area contributed by atoms with Crippen molar-refractivity contribution in [2.45, 2.75) is 32.7 Å². The van der Waals surface area contributed by atoms with Gasteiger partial charge in [-0.3, -0.25) is 4.79 Å². The van der Waals surface area contributed by atoms with E-state index in [1.54, 1.807) is 12.1 Å². The summed E-state index contributed by atoms with van der Waals surface area (Å²) in [7, 11) is 0. The van der Waals surface area contributed by atoms with E-state index in [-0.39, 0.29) is 11.4 Å². The lowest BCUT2D eigenvalue weighted by molar-refractivity contribution is -0.115. The summed E-state index contributed by atoms with van der Waals surface area (Å²) in [4.78, 5) is 12.0. The summed E-state index contributed by atoms with van der Waals surface area (Å²) >= 11 is 3.37. The lowest BCUT2D eigenvalue weighted by atomic mass is 10.1. The van der Waals surface area contributed by atoms with Gasteiger partial charge in [0.05, 0.1) is 6.42 Å². The molecular weight excluding hydrogens is 344 g/mol. The topological polar surface area (TPSA) is 66.9 Å². The van der Waals surface area contributed by atoms with E-state index < -0.39 is 0 Å². The molecule has 116 valence electrons. The SMILES string of the molecule is CC(C)(C)Nc1ccc(NC(=O)Cc2ccc(Br)cc2)nn1. The molecule has 0 unspecified atom stereocenters. The Hall–Kier alpha value is -1.95. The van der Waals surface area contributed by atoms with Gasteiger partial charge in [0.2, 0.25) is 5.91 Å². The molecule has 0 aliphatic heterocycles. The maximum atomic E-state index is 12.0. The van der Waals surface area contributed by atoms with Gasteiger partial charge in [0, 0.05) is 10.0 Å². The monoisotopic (exact) mass is 362 g/mol. The number of hydrogen-bond donors (Lipinski definition) is 2. The Morgan fingerprint density at radius 3 is 2.18 bits per heavy atom. The second-order valence-electron chi connectivity index (χ2n) is 6.03. The molecule has 22 heavy (non-hydrogen) atoms. The number of carbonyl (C=O) groups excluding carboxylic acids is 1. The van der Waals surface area contributed by atoms with Gasteiger partial charge >= 0.3 is 0 Å². The third-order valence-electron chi connectivity index (χ3n) is 2.71. The fourth-order valence-electron chi connectivity index (χ4n) is 1.82. The first kappa shape index (κ1) is 16.4. The molecule has 5 nitrogen and oxygen atoms in total. The van der Waals surface area contributed by atoms with Gasteiger partial charge in [0.15, 0.2) is 5.82 Å². The van der Waals surface area contributed by atoms with Crippen LogP contribution in [-0.2, 0) is 11.2 Å². The molecule has 2 N–H and O–H groups in total. The average Bonchev–Trinajstić information content (AvgIpc) is 2.42. The number of halogens is 1. The van der Waals surface area contributed by atoms with Crippen LogP contribution in [0.15, 0.2) is 40.9 Å². The van der Waals surface area contributed by atoms with Gasteiger partial charge in [-0.1, -0.05) is 28.1 Å². The van der Waals surface area contributed by atoms with Crippen LogP contribution in [0.5, 0.6) is 0 Å². The summed E-state index contributed by atoms with van der Waals surface area (Å²) in [5.41, 5.74) is 0.862. The van der Waals surface area contributed by atoms with Gasteiger partial charge in [-0.2, -0.15) is 0 Å². The second-order valence-corrected chi connectivity index (χ2v) is 6.95. The zero-order valence-corrected chi connectivity index (χ0v) is 14.4. The average molecular weight is 363 g/mol. The van der Waals surface area contributed by atoms with Crippen molar-refractivity contribution in [3.63, 3.8) is 0 Å². The molecule has 0 saturated carbocycles. The van der Waals surface area contributed by atoms with E-state index in [2.05, 4.69) is 36.8 Å². The van der Waals surface area contributed by atoms with Gasteiger partial charge < -0.3 is 10.6 Å². The number of aromatic nitrogens is 2. The number of carbonyl (C=O) groups is 1. The molecule has 0 radical (unpaired) electrons. The van der Waals surface area contributed by atoms with E-state index >= 15 is 0 Å². The maximum Gasteiger partial charge on any atom is 0.229 e. The van der Waals surface area contributed by atoms with Crippen molar-refractivity contribution >= 4 is 33.5 Å². The number of benzene rings is 1. The highest BCUT2D eigenvalue weighted by Gasteiger charge is 2.11. The van der Waals surface area contributed by atoms with Crippen molar-refractivity contribution in [1.29, 1.82) is 0 Å². The van der Waals surface area contributed by atoms with Crippen LogP contribution in [0.3, 0.4) is 0 Å². The molecule has 0 spiro atoms. The molecule has 1 heterocycles. The number of amides is 1. The standard InChI is InChI=1S/C16H19BrN4O/c1-16(2,3)19-14-9-8-13(20-21-14)18-15(22)10-11-4-6-12(17)7-5-11/h4-9H,10H2,1-3H3,(H,19,21)(H,18,20,22). The summed E-state index contributed by atoms with van der Waals surface area (Å²) in [6, 6.07) is 11.2. The molecule has 0 bridgehead atoms. The van der Waals surface area contributed by atoms with Crippen LogP contribution in [0.1, 0.15) is 26.3 Å². The Balaban J connectivity index is 1.93. The molecule has 1 amide bonds. The molecular formula is C16H19BrN4O. The van der Waals surface area contributed by atoms with E-state index in [0.717, 1.165) is 10.0 Å². The number of nitrogens with zero attached hydrogens (tertiary/aromatic N) is 2. The first-order chi connectivity index (χ1) is 10.3. The third kappa shape index (κ3) is 5.44. The Morgan fingerprint density at radius 1 is 1.05 bits per heavy atom. The van der Waals surface area contributed by atoms with Crippen LogP contribution in [0.4, 0.5) is 11.6 Å². The molecule has 0 fully saturated rings. The zero-order chi connectivity index (χ0) is 16.2. The Morgan fingerprint density at radius 2 is 1.64 bits per heavy atom. The van der Waals surface area contributed by atoms with Crippen LogP contribution in [0.25, 0.3) is 0 Å². The van der Waals surface area contributed by atoms with Crippen molar-refractivity contribution in [2.75, 3.05) is 10.6 Å². The highest BCUT2D eigenvalue weighted by atomic mass is 79.9. The van der Waals surface area contributed by atoms with Gasteiger partial charge in [0.1, 0.15) is 5.82 Å². The summed E-state index contributed by atoms with van der Waals surface area (Å²) in [5.74, 6) is 1.01. The van der Waals surface area contributed by atoms with E-state index in [9.17, 15) is 4.79 Å². The Labute approximate surface area is 138 Å². The first-order valence-corrected chi connectivity index (χ1v) is 7.77. The van der Waals surface area contributed by atoms with Crippen molar-refractivity contribution in [2.24, 2.45) is 0 Å². The van der Waals surface area contributed by atoms with Gasteiger partial charge in [0.25, 0.3) is 0 Å². The summed E-state index contributed by atoms with van der Waals surface area (Å²) in [6.45, 7) is 6.13. The van der Waals surface area contributed by atoms with E-state index in [1.807, 2.05) is 45.0 Å². The molecule has 0 saturated heterocycles. The highest BCUT2D eigenvalue weighted by Crippen LogP contribution is 2.13. The Bertz CT molecular complexity index is 633. The van der Waals surface area contributed by atoms with Crippen LogP contribution < -0.4 is 10.6 Å². The molecule has 2 rings (SSSR count). The van der Waals surface area contributed by atoms with Gasteiger partial charge in [-0.05, 0) is 50.6 Å². The van der Waals surface area contributed by atoms with Gasteiger partial charge in [-0.15, -0.1) is 10.2 Å². The predicted octanol–water partition coefficient (Wildman–Crippen LogP) is 3.63. The molecule has 0 atom stereocenters. The van der Waals surface area contributed by atoms with Crippen LogP contribution in [0, 0.1) is 0 Å². The van der Waals surface area contributed by atoms with Crippen LogP contribution in [-0.4, -0.2) is 21.6 Å². The summed E-state index contributed by atoms with van der Waals surface area (Å²) in [5, 5.41) is 14.0. The summed E-state index contributed by atoms with van der Waals surface area (Å²) in [6.07, 6.45) is 0.303. The van der Waals surface area contributed by atoms with Gasteiger partial charge in [-0.25, -0.2) is 0 Å². The number of anilines is 2. The quantitative estimate of drug-likeness (QED) is 0.871. The number of rotatable bonds is 4. The minimum atomic E-state index is -0.117. The molecule has 0 aliphatic carbocycles. The smallest absolute Gasteiger partial charge is 0.229 e. The molecule has 6 heteroatoms. The fourth-order valence-corrected chi connectivity index (χ4v) is 2.09. The molecule has 1 aromatic carbocycles.